The van der Waals surface area contributed by atoms with Gasteiger partial charge in [-0.15, -0.1) is 0 Å². The lowest BCUT2D eigenvalue weighted by atomic mass is 10.1. The maximum atomic E-state index is 6.36. The van der Waals surface area contributed by atoms with Gasteiger partial charge in [0, 0.05) is 12.1 Å². The van der Waals surface area contributed by atoms with Gasteiger partial charge in [0.05, 0.1) is 29.2 Å². The number of rotatable bonds is 7. The second-order valence-electron chi connectivity index (χ2n) is 4.98. The first kappa shape index (κ1) is 15.1. The van der Waals surface area contributed by atoms with Gasteiger partial charge in [-0.2, -0.15) is 5.10 Å². The molecule has 1 atom stereocenters. The zero-order valence-electron chi connectivity index (χ0n) is 12.3. The maximum Gasteiger partial charge on any atom is 0.101 e. The number of hydrogen-bond acceptors (Lipinski definition) is 3. The highest BCUT2D eigenvalue weighted by molar-refractivity contribution is 6.31. The molecule has 0 spiro atoms. The van der Waals surface area contributed by atoms with Crippen LogP contribution in [0.25, 0.3) is 0 Å². The Kier molecular flexibility index (Phi) is 5.26. The van der Waals surface area contributed by atoms with E-state index in [0.29, 0.717) is 5.02 Å². The first-order chi connectivity index (χ1) is 9.67. The summed E-state index contributed by atoms with van der Waals surface area (Å²) in [5.74, 6) is 0.904. The predicted octanol–water partition coefficient (Wildman–Crippen LogP) is 3.94. The minimum atomic E-state index is 0.0222. The van der Waals surface area contributed by atoms with E-state index in [2.05, 4.69) is 24.3 Å². The summed E-state index contributed by atoms with van der Waals surface area (Å²) in [7, 11) is 0. The molecule has 20 heavy (non-hydrogen) atoms. The molecule has 2 aromatic rings. The minimum Gasteiger partial charge on any atom is -0.469 e. The zero-order valence-corrected chi connectivity index (χ0v) is 13.1. The number of nitrogens with one attached hydrogen (secondary N) is 1. The van der Waals surface area contributed by atoms with E-state index >= 15 is 0 Å². The standard InChI is InChI=1S/C15H22ClN3O/c1-4-6-17-14(12-8-11(3)20-10-12)15-13(16)9-18-19(15)7-5-2/h8-10,14,17H,4-7H2,1-3H3. The fourth-order valence-corrected chi connectivity index (χ4v) is 2.58. The monoisotopic (exact) mass is 295 g/mol. The number of halogens is 1. The SMILES string of the molecule is CCCNC(c1coc(C)c1)c1c(Cl)cnn1CCC. The van der Waals surface area contributed by atoms with Crippen LogP contribution in [0.5, 0.6) is 0 Å². The van der Waals surface area contributed by atoms with Crippen LogP contribution in [0.15, 0.2) is 22.9 Å². The Balaban J connectivity index is 2.37. The molecule has 2 heterocycles. The van der Waals surface area contributed by atoms with E-state index in [-0.39, 0.29) is 6.04 Å². The normalized spacial score (nSPS) is 12.8. The number of furan rings is 1. The lowest BCUT2D eigenvalue weighted by Crippen LogP contribution is -2.26. The average molecular weight is 296 g/mol. The molecular weight excluding hydrogens is 274 g/mol. The van der Waals surface area contributed by atoms with Crippen molar-refractivity contribution in [2.24, 2.45) is 0 Å². The van der Waals surface area contributed by atoms with Crippen LogP contribution in [0.1, 0.15) is 49.7 Å². The third kappa shape index (κ3) is 3.25. The molecular formula is C15H22ClN3O. The van der Waals surface area contributed by atoms with Crippen LogP contribution in [-0.2, 0) is 6.54 Å². The largest absolute Gasteiger partial charge is 0.469 e. The van der Waals surface area contributed by atoms with Crippen LogP contribution in [0.4, 0.5) is 0 Å². The quantitative estimate of drug-likeness (QED) is 0.841. The van der Waals surface area contributed by atoms with E-state index in [1.54, 1.807) is 12.5 Å². The summed E-state index contributed by atoms with van der Waals surface area (Å²) < 4.78 is 7.43. The first-order valence-electron chi connectivity index (χ1n) is 7.17. The molecule has 0 saturated carbocycles. The van der Waals surface area contributed by atoms with Gasteiger partial charge in [-0.25, -0.2) is 0 Å². The molecule has 0 aromatic carbocycles. The van der Waals surface area contributed by atoms with Crippen LogP contribution in [-0.4, -0.2) is 16.3 Å². The van der Waals surface area contributed by atoms with Crippen LogP contribution < -0.4 is 5.32 Å². The summed E-state index contributed by atoms with van der Waals surface area (Å²) in [5, 5.41) is 8.62. The lowest BCUT2D eigenvalue weighted by molar-refractivity contribution is 0.499. The molecule has 5 heteroatoms. The van der Waals surface area contributed by atoms with Gasteiger partial charge in [0.1, 0.15) is 5.76 Å². The van der Waals surface area contributed by atoms with Crippen LogP contribution in [0, 0.1) is 6.92 Å². The Morgan fingerprint density at radius 1 is 1.40 bits per heavy atom. The van der Waals surface area contributed by atoms with E-state index < -0.39 is 0 Å². The van der Waals surface area contributed by atoms with Crippen LogP contribution in [0.3, 0.4) is 0 Å². The highest BCUT2D eigenvalue weighted by atomic mass is 35.5. The minimum absolute atomic E-state index is 0.0222. The number of aromatic nitrogens is 2. The fourth-order valence-electron chi connectivity index (χ4n) is 2.33. The van der Waals surface area contributed by atoms with Crippen molar-refractivity contribution in [3.8, 4) is 0 Å². The summed E-state index contributed by atoms with van der Waals surface area (Å²) in [6.07, 6.45) is 5.60. The predicted molar refractivity (Wildman–Crippen MR) is 81.1 cm³/mol. The Bertz CT molecular complexity index is 547. The molecule has 0 saturated heterocycles. The Labute approximate surface area is 125 Å². The molecule has 4 nitrogen and oxygen atoms in total. The molecule has 0 aliphatic rings. The van der Waals surface area contributed by atoms with Gasteiger partial charge in [-0.3, -0.25) is 4.68 Å². The zero-order chi connectivity index (χ0) is 14.5. The molecule has 0 bridgehead atoms. The van der Waals surface area contributed by atoms with Crippen molar-refractivity contribution >= 4 is 11.6 Å². The van der Waals surface area contributed by atoms with Gasteiger partial charge in [0.25, 0.3) is 0 Å². The van der Waals surface area contributed by atoms with Crippen molar-refractivity contribution in [2.45, 2.75) is 46.2 Å². The molecule has 0 radical (unpaired) electrons. The molecule has 0 aliphatic heterocycles. The van der Waals surface area contributed by atoms with Gasteiger partial charge >= 0.3 is 0 Å². The van der Waals surface area contributed by atoms with Gasteiger partial charge in [-0.05, 0) is 32.4 Å². The van der Waals surface area contributed by atoms with E-state index in [9.17, 15) is 0 Å². The Morgan fingerprint density at radius 2 is 2.20 bits per heavy atom. The summed E-state index contributed by atoms with van der Waals surface area (Å²) in [6.45, 7) is 8.02. The van der Waals surface area contributed by atoms with Crippen molar-refractivity contribution in [1.82, 2.24) is 15.1 Å². The van der Waals surface area contributed by atoms with Crippen LogP contribution >= 0.6 is 11.6 Å². The second-order valence-corrected chi connectivity index (χ2v) is 5.39. The maximum absolute atomic E-state index is 6.36. The van der Waals surface area contributed by atoms with Crippen molar-refractivity contribution in [3.05, 3.63) is 40.6 Å². The fraction of sp³-hybridized carbons (Fsp3) is 0.533. The van der Waals surface area contributed by atoms with Crippen molar-refractivity contribution < 1.29 is 4.42 Å². The van der Waals surface area contributed by atoms with E-state index in [0.717, 1.165) is 42.9 Å². The molecule has 0 amide bonds. The highest BCUT2D eigenvalue weighted by Crippen LogP contribution is 2.29. The summed E-state index contributed by atoms with van der Waals surface area (Å²) in [5.41, 5.74) is 2.11. The van der Waals surface area contributed by atoms with E-state index in [1.807, 2.05) is 17.7 Å². The summed E-state index contributed by atoms with van der Waals surface area (Å²) >= 11 is 6.36. The average Bonchev–Trinajstić information content (AvgIpc) is 3.00. The number of hydrogen-bond donors (Lipinski definition) is 1. The molecule has 110 valence electrons. The molecule has 1 N–H and O–H groups in total. The highest BCUT2D eigenvalue weighted by Gasteiger charge is 2.22. The Morgan fingerprint density at radius 3 is 2.80 bits per heavy atom. The third-order valence-electron chi connectivity index (χ3n) is 3.22. The van der Waals surface area contributed by atoms with Gasteiger partial charge in [0.15, 0.2) is 0 Å². The van der Waals surface area contributed by atoms with Crippen molar-refractivity contribution in [2.75, 3.05) is 6.54 Å². The van der Waals surface area contributed by atoms with E-state index in [1.165, 1.54) is 0 Å². The van der Waals surface area contributed by atoms with Crippen molar-refractivity contribution in [3.63, 3.8) is 0 Å². The third-order valence-corrected chi connectivity index (χ3v) is 3.52. The molecule has 0 aliphatic carbocycles. The second kappa shape index (κ2) is 6.95. The lowest BCUT2D eigenvalue weighted by Gasteiger charge is -2.19. The summed E-state index contributed by atoms with van der Waals surface area (Å²) in [4.78, 5) is 0. The number of nitrogens with zero attached hydrogens (tertiary/aromatic N) is 2. The van der Waals surface area contributed by atoms with Crippen LogP contribution in [0.2, 0.25) is 5.02 Å². The summed E-state index contributed by atoms with van der Waals surface area (Å²) in [6, 6.07) is 2.07. The smallest absolute Gasteiger partial charge is 0.101 e. The first-order valence-corrected chi connectivity index (χ1v) is 7.54. The van der Waals surface area contributed by atoms with Gasteiger partial charge < -0.3 is 9.73 Å². The molecule has 1 unspecified atom stereocenters. The van der Waals surface area contributed by atoms with Crippen molar-refractivity contribution in [1.29, 1.82) is 0 Å². The molecule has 2 rings (SSSR count). The van der Waals surface area contributed by atoms with Gasteiger partial charge in [-0.1, -0.05) is 25.4 Å². The van der Waals surface area contributed by atoms with E-state index in [4.69, 9.17) is 16.0 Å². The number of aryl methyl sites for hydroxylation is 2. The Hall–Kier alpha value is -1.26. The van der Waals surface area contributed by atoms with Gasteiger partial charge in [0.2, 0.25) is 0 Å². The molecule has 2 aromatic heterocycles. The topological polar surface area (TPSA) is 43.0 Å². The molecule has 0 fully saturated rings.